The van der Waals surface area contributed by atoms with Crippen LogP contribution in [0.1, 0.15) is 43.4 Å². The van der Waals surface area contributed by atoms with Gasteiger partial charge in [0, 0.05) is 24.1 Å². The Morgan fingerprint density at radius 3 is 2.49 bits per heavy atom. The SMILES string of the molecule is Cc1oc(-c2cc(F)c(C)c(F)c2F)nc1CCOc1cccc(CN(CC(=O)O)S(=O)(=O)NC(C)(C)C)c1. The van der Waals surface area contributed by atoms with Crippen LogP contribution in [0.25, 0.3) is 11.5 Å². The number of benzene rings is 2. The monoisotopic (exact) mass is 569 g/mol. The molecule has 2 aromatic carbocycles. The topological polar surface area (TPSA) is 122 Å². The zero-order valence-corrected chi connectivity index (χ0v) is 23.0. The van der Waals surface area contributed by atoms with E-state index >= 15 is 0 Å². The molecule has 1 heterocycles. The molecule has 0 saturated carbocycles. The number of hydrogen-bond acceptors (Lipinski definition) is 6. The van der Waals surface area contributed by atoms with E-state index in [0.717, 1.165) is 17.3 Å². The minimum Gasteiger partial charge on any atom is -0.493 e. The molecule has 39 heavy (non-hydrogen) atoms. The van der Waals surface area contributed by atoms with Gasteiger partial charge < -0.3 is 14.3 Å². The molecule has 212 valence electrons. The smallest absolute Gasteiger partial charge is 0.318 e. The summed E-state index contributed by atoms with van der Waals surface area (Å²) in [5.41, 5.74) is -0.793. The van der Waals surface area contributed by atoms with Gasteiger partial charge in [-0.1, -0.05) is 12.1 Å². The molecule has 2 N–H and O–H groups in total. The van der Waals surface area contributed by atoms with Gasteiger partial charge in [0.1, 0.15) is 23.9 Å². The van der Waals surface area contributed by atoms with Crippen molar-refractivity contribution in [1.29, 1.82) is 0 Å². The largest absolute Gasteiger partial charge is 0.493 e. The molecule has 1 aromatic heterocycles. The molecule has 0 aliphatic heterocycles. The number of oxazole rings is 1. The van der Waals surface area contributed by atoms with Crippen LogP contribution in [0.3, 0.4) is 0 Å². The number of nitrogens with one attached hydrogen (secondary N) is 1. The van der Waals surface area contributed by atoms with Crippen LogP contribution < -0.4 is 9.46 Å². The third-order valence-electron chi connectivity index (χ3n) is 5.46. The summed E-state index contributed by atoms with van der Waals surface area (Å²) in [6, 6.07) is 7.32. The molecule has 0 aliphatic rings. The third-order valence-corrected chi connectivity index (χ3v) is 7.27. The summed E-state index contributed by atoms with van der Waals surface area (Å²) in [4.78, 5) is 15.5. The highest BCUT2D eigenvalue weighted by molar-refractivity contribution is 7.87. The molecule has 9 nitrogen and oxygen atoms in total. The van der Waals surface area contributed by atoms with Crippen molar-refractivity contribution in [3.63, 3.8) is 0 Å². The molecule has 13 heteroatoms. The zero-order chi connectivity index (χ0) is 29.1. The molecule has 0 unspecified atom stereocenters. The summed E-state index contributed by atoms with van der Waals surface area (Å²) in [7, 11) is -4.11. The molecule has 0 spiro atoms. The molecular weight excluding hydrogens is 539 g/mol. The van der Waals surface area contributed by atoms with Crippen molar-refractivity contribution in [3.8, 4) is 17.2 Å². The Hall–Kier alpha value is -3.42. The molecule has 0 fully saturated rings. The zero-order valence-electron chi connectivity index (χ0n) is 22.1. The van der Waals surface area contributed by atoms with Gasteiger partial charge in [0.15, 0.2) is 11.6 Å². The predicted octanol–water partition coefficient (Wildman–Crippen LogP) is 4.52. The number of ether oxygens (including phenoxy) is 1. The third kappa shape index (κ3) is 7.80. The summed E-state index contributed by atoms with van der Waals surface area (Å²) in [6.45, 7) is 6.78. The van der Waals surface area contributed by atoms with Crippen molar-refractivity contribution in [2.24, 2.45) is 0 Å². The normalized spacial score (nSPS) is 12.2. The van der Waals surface area contributed by atoms with Crippen LogP contribution in [0.2, 0.25) is 0 Å². The standard InChI is InChI=1S/C26H30F3N3O6S/c1-15-20(27)12-19(24(29)23(15)28)25-30-21(16(2)38-25)9-10-37-18-8-6-7-17(11-18)13-32(14-22(33)34)39(35,36)31-26(3,4)5/h6-8,11-12,31H,9-10,13-14H2,1-5H3,(H,33,34). The number of carboxylic acid groups (broad SMARTS) is 1. The number of aryl methyl sites for hydroxylation is 1. The number of aromatic nitrogens is 1. The van der Waals surface area contributed by atoms with Crippen LogP contribution in [-0.2, 0) is 28.0 Å². The number of nitrogens with zero attached hydrogens (tertiary/aromatic N) is 2. The molecule has 0 amide bonds. The lowest BCUT2D eigenvalue weighted by molar-refractivity contribution is -0.137. The number of halogens is 3. The van der Waals surface area contributed by atoms with E-state index in [9.17, 15) is 31.5 Å². The summed E-state index contributed by atoms with van der Waals surface area (Å²) >= 11 is 0. The second-order valence-corrected chi connectivity index (χ2v) is 11.6. The van der Waals surface area contributed by atoms with Gasteiger partial charge in [0.25, 0.3) is 10.2 Å². The highest BCUT2D eigenvalue weighted by atomic mass is 32.2. The minimum atomic E-state index is -4.11. The highest BCUT2D eigenvalue weighted by Gasteiger charge is 2.29. The molecule has 3 aromatic rings. The second kappa shape index (κ2) is 11.8. The van der Waals surface area contributed by atoms with E-state index in [4.69, 9.17) is 9.15 Å². The van der Waals surface area contributed by atoms with E-state index in [1.54, 1.807) is 52.0 Å². The second-order valence-electron chi connectivity index (χ2n) is 9.95. The number of aliphatic carboxylic acids is 1. The summed E-state index contributed by atoms with van der Waals surface area (Å²) in [5.74, 6) is -4.35. The van der Waals surface area contributed by atoms with Crippen molar-refractivity contribution >= 4 is 16.2 Å². The predicted molar refractivity (Wildman–Crippen MR) is 137 cm³/mol. The Bertz CT molecular complexity index is 1470. The number of carbonyl (C=O) groups is 1. The first-order valence-electron chi connectivity index (χ1n) is 11.9. The van der Waals surface area contributed by atoms with Crippen molar-refractivity contribution < 1.29 is 40.6 Å². The van der Waals surface area contributed by atoms with E-state index in [-0.39, 0.29) is 25.5 Å². The number of carboxylic acids is 1. The maximum Gasteiger partial charge on any atom is 0.318 e. The van der Waals surface area contributed by atoms with Gasteiger partial charge in [-0.05, 0) is 58.4 Å². The van der Waals surface area contributed by atoms with Crippen molar-refractivity contribution in [2.45, 2.75) is 53.1 Å². The van der Waals surface area contributed by atoms with E-state index in [2.05, 4.69) is 9.71 Å². The molecule has 0 aliphatic carbocycles. The van der Waals surface area contributed by atoms with Crippen molar-refractivity contribution in [2.75, 3.05) is 13.2 Å². The fourth-order valence-electron chi connectivity index (χ4n) is 3.65. The van der Waals surface area contributed by atoms with Crippen LogP contribution in [0, 0.1) is 31.3 Å². The van der Waals surface area contributed by atoms with Gasteiger partial charge in [-0.2, -0.15) is 17.4 Å². The lowest BCUT2D eigenvalue weighted by Gasteiger charge is -2.27. The lowest BCUT2D eigenvalue weighted by atomic mass is 10.1. The molecular formula is C26H30F3N3O6S. The summed E-state index contributed by atoms with van der Waals surface area (Å²) in [6.07, 6.45) is 0.215. The average molecular weight is 570 g/mol. The number of rotatable bonds is 11. The summed E-state index contributed by atoms with van der Waals surface area (Å²) < 4.78 is 82.2. The first kappa shape index (κ1) is 30.1. The Kier molecular flexibility index (Phi) is 9.08. The van der Waals surface area contributed by atoms with Gasteiger partial charge in [0.2, 0.25) is 5.89 Å². The highest BCUT2D eigenvalue weighted by Crippen LogP contribution is 2.29. The van der Waals surface area contributed by atoms with Gasteiger partial charge in [0.05, 0.1) is 17.9 Å². The molecule has 0 radical (unpaired) electrons. The first-order chi connectivity index (χ1) is 18.1. The Labute approximate surface area is 224 Å². The van der Waals surface area contributed by atoms with Crippen LogP contribution >= 0.6 is 0 Å². The Morgan fingerprint density at radius 2 is 1.85 bits per heavy atom. The van der Waals surface area contributed by atoms with Gasteiger partial charge in [-0.25, -0.2) is 18.2 Å². The van der Waals surface area contributed by atoms with Gasteiger partial charge in [-0.3, -0.25) is 4.79 Å². The maximum atomic E-state index is 14.4. The van der Waals surface area contributed by atoms with Crippen LogP contribution in [0.5, 0.6) is 5.75 Å². The molecule has 0 atom stereocenters. The number of hydrogen-bond donors (Lipinski definition) is 2. The first-order valence-corrected chi connectivity index (χ1v) is 13.3. The quantitative estimate of drug-likeness (QED) is 0.326. The fraction of sp³-hybridized carbons (Fsp3) is 0.385. The van der Waals surface area contributed by atoms with E-state index in [1.807, 2.05) is 0 Å². The van der Waals surface area contributed by atoms with E-state index < -0.39 is 56.8 Å². The van der Waals surface area contributed by atoms with E-state index in [1.165, 1.54) is 0 Å². The molecule has 0 saturated heterocycles. The summed E-state index contributed by atoms with van der Waals surface area (Å²) in [5, 5.41) is 9.22. The lowest BCUT2D eigenvalue weighted by Crippen LogP contribution is -2.49. The molecule has 3 rings (SSSR count). The van der Waals surface area contributed by atoms with Gasteiger partial charge >= 0.3 is 5.97 Å². The minimum absolute atomic E-state index is 0.0953. The Morgan fingerprint density at radius 1 is 1.15 bits per heavy atom. The van der Waals surface area contributed by atoms with Gasteiger partial charge in [-0.15, -0.1) is 0 Å². The van der Waals surface area contributed by atoms with Crippen LogP contribution in [0.4, 0.5) is 13.2 Å². The molecule has 0 bridgehead atoms. The van der Waals surface area contributed by atoms with Crippen LogP contribution in [0.15, 0.2) is 34.7 Å². The average Bonchev–Trinajstić information content (AvgIpc) is 3.18. The Balaban J connectivity index is 1.70. The van der Waals surface area contributed by atoms with Crippen molar-refractivity contribution in [1.82, 2.24) is 14.0 Å². The maximum absolute atomic E-state index is 14.4. The van der Waals surface area contributed by atoms with E-state index in [0.29, 0.717) is 22.8 Å². The van der Waals surface area contributed by atoms with Crippen LogP contribution in [-0.4, -0.2) is 47.5 Å². The fourth-order valence-corrected chi connectivity index (χ4v) is 5.15. The van der Waals surface area contributed by atoms with Crippen molar-refractivity contribution in [3.05, 3.63) is 70.4 Å².